The van der Waals surface area contributed by atoms with Crippen LogP contribution in [0.4, 0.5) is 26.3 Å². The highest BCUT2D eigenvalue weighted by molar-refractivity contribution is 4.71. The van der Waals surface area contributed by atoms with Crippen LogP contribution in [0.1, 0.15) is 25.7 Å². The first kappa shape index (κ1) is 38.2. The summed E-state index contributed by atoms with van der Waals surface area (Å²) in [7, 11) is 0. The fraction of sp³-hybridized carbons (Fsp3) is 1.00. The number of ether oxygens (including phenoxy) is 6. The Balaban J connectivity index is 4.01. The summed E-state index contributed by atoms with van der Waals surface area (Å²) in [6, 6.07) is 0. The molecule has 0 aliphatic heterocycles. The highest BCUT2D eigenvalue weighted by Gasteiger charge is 2.37. The molecular formula is C23H42F6O10. The molecule has 236 valence electrons. The number of hydrogen-bond acceptors (Lipinski definition) is 10. The summed E-state index contributed by atoms with van der Waals surface area (Å²) in [5, 5.41) is 36.4. The zero-order valence-corrected chi connectivity index (χ0v) is 21.9. The Morgan fingerprint density at radius 1 is 0.436 bits per heavy atom. The van der Waals surface area contributed by atoms with Crippen LogP contribution in [0.5, 0.6) is 0 Å². The first-order chi connectivity index (χ1) is 18.3. The number of hydrogen-bond donors (Lipinski definition) is 4. The van der Waals surface area contributed by atoms with Crippen molar-refractivity contribution in [1.29, 1.82) is 0 Å². The fourth-order valence-electron chi connectivity index (χ4n) is 2.68. The number of alkyl halides is 6. The number of rotatable bonds is 28. The van der Waals surface area contributed by atoms with E-state index in [0.717, 1.165) is 0 Å². The van der Waals surface area contributed by atoms with Crippen LogP contribution in [0.2, 0.25) is 0 Å². The first-order valence-electron chi connectivity index (χ1n) is 12.5. The molecule has 0 aliphatic rings. The second-order valence-electron chi connectivity index (χ2n) is 8.90. The van der Waals surface area contributed by atoms with Crippen molar-refractivity contribution in [2.75, 3.05) is 92.5 Å². The number of unbranched alkanes of at least 4 members (excludes halogenated alkanes) is 2. The van der Waals surface area contributed by atoms with Crippen molar-refractivity contribution >= 4 is 0 Å². The fourth-order valence-corrected chi connectivity index (χ4v) is 2.68. The molecule has 16 heteroatoms. The minimum atomic E-state index is -3.83. The molecule has 0 saturated carbocycles. The van der Waals surface area contributed by atoms with E-state index in [0.29, 0.717) is 25.7 Å². The van der Waals surface area contributed by atoms with Gasteiger partial charge < -0.3 is 48.8 Å². The van der Waals surface area contributed by atoms with Crippen molar-refractivity contribution in [3.63, 3.8) is 0 Å². The van der Waals surface area contributed by atoms with Crippen molar-refractivity contribution in [3.8, 4) is 0 Å². The third-order valence-electron chi connectivity index (χ3n) is 4.51. The van der Waals surface area contributed by atoms with Gasteiger partial charge in [-0.05, 0) is 25.7 Å². The predicted molar refractivity (Wildman–Crippen MR) is 124 cm³/mol. The van der Waals surface area contributed by atoms with E-state index in [-0.39, 0.29) is 39.6 Å². The number of halogens is 6. The van der Waals surface area contributed by atoms with E-state index < -0.39 is 82.8 Å². The van der Waals surface area contributed by atoms with Crippen molar-refractivity contribution < 1.29 is 75.2 Å². The summed E-state index contributed by atoms with van der Waals surface area (Å²) in [5.74, 6) is -11.1. The minimum Gasteiger partial charge on any atom is -0.396 e. The zero-order chi connectivity index (χ0) is 29.6. The Morgan fingerprint density at radius 3 is 1.03 bits per heavy atom. The largest absolute Gasteiger partial charge is 0.396 e. The van der Waals surface area contributed by atoms with Crippen LogP contribution < -0.4 is 0 Å². The van der Waals surface area contributed by atoms with Gasteiger partial charge in [-0.25, -0.2) is 26.3 Å². The molecule has 4 N–H and O–H groups in total. The normalized spacial score (nSPS) is 14.6. The lowest BCUT2D eigenvalue weighted by Gasteiger charge is -2.22. The van der Waals surface area contributed by atoms with Crippen molar-refractivity contribution in [2.24, 2.45) is 0 Å². The van der Waals surface area contributed by atoms with Gasteiger partial charge in [0.15, 0.2) is 0 Å². The maximum absolute atomic E-state index is 13.8. The molecule has 0 fully saturated rings. The lowest BCUT2D eigenvalue weighted by atomic mass is 10.3. The van der Waals surface area contributed by atoms with Gasteiger partial charge in [-0.15, -0.1) is 0 Å². The Bertz CT molecular complexity index is 532. The quantitative estimate of drug-likeness (QED) is 0.0777. The summed E-state index contributed by atoms with van der Waals surface area (Å²) >= 11 is 0. The maximum Gasteiger partial charge on any atom is 0.293 e. The van der Waals surface area contributed by atoms with E-state index in [2.05, 4.69) is 18.9 Å². The standard InChI is InChI=1S/C23H42F6O10/c24-21(25,13-36-11-19(32)9-34-7-3-1-5-30)15-38-17-23(28,29)18-39-16-22(26,27)14-37-12-20(33)10-35-8-4-2-6-31/h19-20,30-33H,1-18H2. The van der Waals surface area contributed by atoms with Crippen LogP contribution in [0.25, 0.3) is 0 Å². The summed E-state index contributed by atoms with van der Waals surface area (Å²) in [6.07, 6.45) is -0.228. The smallest absolute Gasteiger partial charge is 0.293 e. The van der Waals surface area contributed by atoms with Crippen molar-refractivity contribution in [1.82, 2.24) is 0 Å². The molecule has 2 atom stereocenters. The van der Waals surface area contributed by atoms with Gasteiger partial charge in [-0.2, -0.15) is 0 Å². The first-order valence-corrected chi connectivity index (χ1v) is 12.5. The maximum atomic E-state index is 13.8. The van der Waals surface area contributed by atoms with Crippen LogP contribution >= 0.6 is 0 Å². The molecule has 10 nitrogen and oxygen atoms in total. The van der Waals surface area contributed by atoms with Crippen molar-refractivity contribution in [2.45, 2.75) is 55.7 Å². The third-order valence-corrected chi connectivity index (χ3v) is 4.51. The van der Waals surface area contributed by atoms with Gasteiger partial charge in [0.2, 0.25) is 0 Å². The van der Waals surface area contributed by atoms with Crippen molar-refractivity contribution in [3.05, 3.63) is 0 Å². The van der Waals surface area contributed by atoms with Gasteiger partial charge in [-0.1, -0.05) is 0 Å². The molecular weight excluding hydrogens is 550 g/mol. The number of aliphatic hydroxyl groups is 4. The van der Waals surface area contributed by atoms with E-state index >= 15 is 0 Å². The van der Waals surface area contributed by atoms with Gasteiger partial charge >= 0.3 is 0 Å². The second-order valence-corrected chi connectivity index (χ2v) is 8.90. The lowest BCUT2D eigenvalue weighted by Crippen LogP contribution is -2.38. The monoisotopic (exact) mass is 592 g/mol. The summed E-state index contributed by atoms with van der Waals surface area (Å²) in [4.78, 5) is 0. The molecule has 2 unspecified atom stereocenters. The minimum absolute atomic E-state index is 0.00528. The molecule has 0 aromatic carbocycles. The molecule has 0 aromatic rings. The van der Waals surface area contributed by atoms with E-state index in [4.69, 9.17) is 19.7 Å². The van der Waals surface area contributed by atoms with E-state index in [1.54, 1.807) is 0 Å². The van der Waals surface area contributed by atoms with Crippen LogP contribution in [0, 0.1) is 0 Å². The molecule has 0 bridgehead atoms. The second kappa shape index (κ2) is 21.9. The topological polar surface area (TPSA) is 136 Å². The van der Waals surface area contributed by atoms with Gasteiger partial charge in [0.1, 0.15) is 51.8 Å². The van der Waals surface area contributed by atoms with E-state index in [1.165, 1.54) is 0 Å². The van der Waals surface area contributed by atoms with Crippen LogP contribution in [0.15, 0.2) is 0 Å². The van der Waals surface area contributed by atoms with Crippen LogP contribution in [-0.2, 0) is 28.4 Å². The Hall–Kier alpha value is -0.820. The average molecular weight is 593 g/mol. The van der Waals surface area contributed by atoms with Gasteiger partial charge in [0.05, 0.1) is 26.4 Å². The molecule has 39 heavy (non-hydrogen) atoms. The SMILES string of the molecule is OCCCCOCC(O)COCC(F)(F)COCC(F)(F)COCC(F)(F)COCC(O)COCCCCO. The molecule has 0 radical (unpaired) electrons. The summed E-state index contributed by atoms with van der Waals surface area (Å²) < 4.78 is 111. The Labute approximate surface area is 224 Å². The zero-order valence-electron chi connectivity index (χ0n) is 21.9. The Kier molecular flexibility index (Phi) is 21.4. The third kappa shape index (κ3) is 24.7. The molecule has 0 saturated heterocycles. The molecule has 0 rings (SSSR count). The lowest BCUT2D eigenvalue weighted by molar-refractivity contribution is -0.185. The molecule has 0 amide bonds. The van der Waals surface area contributed by atoms with E-state index in [1.807, 2.05) is 0 Å². The van der Waals surface area contributed by atoms with Gasteiger partial charge in [0.25, 0.3) is 17.8 Å². The molecule has 0 aliphatic carbocycles. The van der Waals surface area contributed by atoms with Crippen LogP contribution in [-0.4, -0.2) is 143 Å². The van der Waals surface area contributed by atoms with E-state index in [9.17, 15) is 36.6 Å². The molecule has 0 aromatic heterocycles. The summed E-state index contributed by atoms with van der Waals surface area (Å²) in [6.45, 7) is -9.14. The van der Waals surface area contributed by atoms with Gasteiger partial charge in [0, 0.05) is 26.4 Å². The highest BCUT2D eigenvalue weighted by atomic mass is 19.3. The highest BCUT2D eigenvalue weighted by Crippen LogP contribution is 2.21. The van der Waals surface area contributed by atoms with Gasteiger partial charge in [-0.3, -0.25) is 0 Å². The van der Waals surface area contributed by atoms with Crippen LogP contribution in [0.3, 0.4) is 0 Å². The number of aliphatic hydroxyl groups excluding tert-OH is 4. The molecule has 0 spiro atoms. The average Bonchev–Trinajstić information content (AvgIpc) is 2.83. The predicted octanol–water partition coefficient (Wildman–Crippen LogP) is 1.26. The molecule has 0 heterocycles. The Morgan fingerprint density at radius 2 is 0.718 bits per heavy atom. The summed E-state index contributed by atoms with van der Waals surface area (Å²) in [5.41, 5.74) is 0.